The molecule has 0 saturated heterocycles. The zero-order valence-corrected chi connectivity index (χ0v) is 14.6. The minimum absolute atomic E-state index is 0.00397. The highest BCUT2D eigenvalue weighted by molar-refractivity contribution is 5.56. The van der Waals surface area contributed by atoms with Gasteiger partial charge in [-0.05, 0) is 36.4 Å². The lowest BCUT2D eigenvalue weighted by molar-refractivity contribution is -0.384. The summed E-state index contributed by atoms with van der Waals surface area (Å²) in [5.41, 5.74) is 0.660. The average molecular weight is 370 g/mol. The smallest absolute Gasteiger partial charge is 0.269 e. The molecule has 0 bridgehead atoms. The fraction of sp³-hybridized carbons (Fsp3) is 0.222. The van der Waals surface area contributed by atoms with Crippen molar-refractivity contribution in [2.24, 2.45) is 0 Å². The van der Waals surface area contributed by atoms with Crippen molar-refractivity contribution in [1.29, 1.82) is 0 Å². The number of aliphatic hydroxyl groups excluding tert-OH is 1. The summed E-state index contributed by atoms with van der Waals surface area (Å²) in [5.74, 6) is 1.78. The summed E-state index contributed by atoms with van der Waals surface area (Å²) in [6.07, 6.45) is 0.714. The minimum atomic E-state index is -0.779. The number of rotatable bonds is 8. The zero-order chi connectivity index (χ0) is 19.2. The summed E-state index contributed by atoms with van der Waals surface area (Å²) >= 11 is 0. The minimum Gasteiger partial charge on any atom is -0.497 e. The highest BCUT2D eigenvalue weighted by Gasteiger charge is 2.11. The molecule has 0 aliphatic heterocycles. The summed E-state index contributed by atoms with van der Waals surface area (Å²) in [6, 6.07) is 13.0. The molecule has 1 unspecified atom stereocenters. The number of hydrogen-bond donors (Lipinski definition) is 1. The highest BCUT2D eigenvalue weighted by Crippen LogP contribution is 2.19. The van der Waals surface area contributed by atoms with Gasteiger partial charge in [-0.3, -0.25) is 10.1 Å². The maximum atomic E-state index is 10.7. The molecule has 0 saturated carbocycles. The number of benzene rings is 2. The van der Waals surface area contributed by atoms with Crippen molar-refractivity contribution in [3.63, 3.8) is 0 Å². The van der Waals surface area contributed by atoms with Gasteiger partial charge in [0.25, 0.3) is 5.69 Å². The van der Waals surface area contributed by atoms with E-state index in [2.05, 4.69) is 10.1 Å². The second-order valence-electron chi connectivity index (χ2n) is 5.73. The molecule has 27 heavy (non-hydrogen) atoms. The summed E-state index contributed by atoms with van der Waals surface area (Å²) in [6.45, 7) is 0.301. The van der Waals surface area contributed by atoms with Crippen LogP contribution in [0.25, 0.3) is 11.4 Å². The van der Waals surface area contributed by atoms with Gasteiger partial charge >= 0.3 is 0 Å². The van der Waals surface area contributed by atoms with E-state index < -0.39 is 11.0 Å². The summed E-state index contributed by atoms with van der Waals surface area (Å²) < 4.78 is 12.1. The molecular formula is C18H18N4O5. The standard InChI is InChI=1S/C18H18N4O5/c1-26-16-6-8-17(9-7-16)27-11-15(23)10-21-12-19-18(20-21)13-2-4-14(5-3-13)22(24)25/h2-9,12,15,23H,10-11H2,1H3. The molecule has 1 N–H and O–H groups in total. The zero-order valence-electron chi connectivity index (χ0n) is 14.6. The molecule has 0 amide bonds. The van der Waals surface area contributed by atoms with Gasteiger partial charge in [-0.25, -0.2) is 9.67 Å². The number of methoxy groups -OCH3 is 1. The Labute approximate surface area is 155 Å². The second kappa shape index (κ2) is 8.28. The van der Waals surface area contributed by atoms with Crippen LogP contribution in [0.4, 0.5) is 5.69 Å². The van der Waals surface area contributed by atoms with E-state index in [9.17, 15) is 15.2 Å². The molecule has 0 aliphatic carbocycles. The molecule has 1 heterocycles. The third-order valence-corrected chi connectivity index (χ3v) is 3.77. The molecule has 9 nitrogen and oxygen atoms in total. The van der Waals surface area contributed by atoms with Crippen LogP contribution >= 0.6 is 0 Å². The topological polar surface area (TPSA) is 113 Å². The van der Waals surface area contributed by atoms with Crippen LogP contribution < -0.4 is 9.47 Å². The third-order valence-electron chi connectivity index (χ3n) is 3.77. The van der Waals surface area contributed by atoms with E-state index >= 15 is 0 Å². The first-order valence-corrected chi connectivity index (χ1v) is 8.14. The van der Waals surface area contributed by atoms with Crippen LogP contribution in [0.15, 0.2) is 54.9 Å². The van der Waals surface area contributed by atoms with Gasteiger partial charge in [0.2, 0.25) is 0 Å². The Morgan fingerprint density at radius 2 is 1.81 bits per heavy atom. The van der Waals surface area contributed by atoms with Gasteiger partial charge in [0.05, 0.1) is 18.6 Å². The number of ether oxygens (including phenoxy) is 2. The first-order chi connectivity index (χ1) is 13.0. The quantitative estimate of drug-likeness (QED) is 0.478. The molecule has 0 aliphatic rings. The number of non-ortho nitro benzene ring substituents is 1. The van der Waals surface area contributed by atoms with E-state index in [-0.39, 0.29) is 18.8 Å². The van der Waals surface area contributed by atoms with Crippen LogP contribution in [0.5, 0.6) is 11.5 Å². The first kappa shape index (κ1) is 18.3. The van der Waals surface area contributed by atoms with Crippen molar-refractivity contribution < 1.29 is 19.5 Å². The molecule has 2 aromatic carbocycles. The van der Waals surface area contributed by atoms with E-state index in [1.54, 1.807) is 43.5 Å². The Morgan fingerprint density at radius 1 is 1.15 bits per heavy atom. The average Bonchev–Trinajstić information content (AvgIpc) is 3.15. The maximum absolute atomic E-state index is 10.7. The Hall–Kier alpha value is -3.46. The predicted octanol–water partition coefficient (Wildman–Crippen LogP) is 2.30. The molecule has 0 fully saturated rings. The number of nitrogens with zero attached hydrogens (tertiary/aromatic N) is 4. The van der Waals surface area contributed by atoms with Crippen molar-refractivity contribution in [3.05, 3.63) is 65.0 Å². The van der Waals surface area contributed by atoms with E-state index in [1.165, 1.54) is 23.1 Å². The van der Waals surface area contributed by atoms with Gasteiger partial charge < -0.3 is 14.6 Å². The number of aromatic nitrogens is 3. The Kier molecular flexibility index (Phi) is 5.62. The number of nitro benzene ring substituents is 1. The van der Waals surface area contributed by atoms with Gasteiger partial charge in [0.1, 0.15) is 30.5 Å². The van der Waals surface area contributed by atoms with Gasteiger partial charge in [0.15, 0.2) is 5.82 Å². The molecule has 0 spiro atoms. The monoisotopic (exact) mass is 370 g/mol. The largest absolute Gasteiger partial charge is 0.497 e. The van der Waals surface area contributed by atoms with E-state index in [0.29, 0.717) is 17.1 Å². The maximum Gasteiger partial charge on any atom is 0.269 e. The van der Waals surface area contributed by atoms with Crippen molar-refractivity contribution in [2.45, 2.75) is 12.6 Å². The summed E-state index contributed by atoms with van der Waals surface area (Å²) in [7, 11) is 1.59. The van der Waals surface area contributed by atoms with Crippen LogP contribution in [0.2, 0.25) is 0 Å². The van der Waals surface area contributed by atoms with E-state index in [1.807, 2.05) is 0 Å². The number of nitro groups is 1. The van der Waals surface area contributed by atoms with Crippen LogP contribution in [-0.4, -0.2) is 44.6 Å². The molecule has 9 heteroatoms. The third kappa shape index (κ3) is 4.79. The lowest BCUT2D eigenvalue weighted by atomic mass is 10.2. The fourth-order valence-corrected chi connectivity index (χ4v) is 2.38. The fourth-order valence-electron chi connectivity index (χ4n) is 2.38. The van der Waals surface area contributed by atoms with E-state index in [4.69, 9.17) is 9.47 Å². The highest BCUT2D eigenvalue weighted by atomic mass is 16.6. The lowest BCUT2D eigenvalue weighted by Crippen LogP contribution is -2.23. The molecule has 0 radical (unpaired) electrons. The lowest BCUT2D eigenvalue weighted by Gasteiger charge is -2.12. The van der Waals surface area contributed by atoms with Crippen molar-refractivity contribution in [1.82, 2.24) is 14.8 Å². The SMILES string of the molecule is COc1ccc(OCC(O)Cn2cnc(-c3ccc([N+](=O)[O-])cc3)n2)cc1. The van der Waals surface area contributed by atoms with Crippen molar-refractivity contribution >= 4 is 5.69 Å². The molecule has 3 aromatic rings. The van der Waals surface area contributed by atoms with Gasteiger partial charge in [0, 0.05) is 17.7 Å². The number of aliphatic hydroxyl groups is 1. The van der Waals surface area contributed by atoms with Gasteiger partial charge in [-0.15, -0.1) is 0 Å². The Balaban J connectivity index is 1.55. The molecular weight excluding hydrogens is 352 g/mol. The summed E-state index contributed by atoms with van der Waals surface area (Å²) in [5, 5.41) is 25.1. The van der Waals surface area contributed by atoms with E-state index in [0.717, 1.165) is 5.75 Å². The van der Waals surface area contributed by atoms with Crippen LogP contribution in [-0.2, 0) is 6.54 Å². The van der Waals surface area contributed by atoms with Crippen LogP contribution in [0, 0.1) is 10.1 Å². The van der Waals surface area contributed by atoms with Crippen LogP contribution in [0.3, 0.4) is 0 Å². The van der Waals surface area contributed by atoms with Gasteiger partial charge in [-0.1, -0.05) is 0 Å². The molecule has 1 aromatic heterocycles. The van der Waals surface area contributed by atoms with Crippen molar-refractivity contribution in [3.8, 4) is 22.9 Å². The second-order valence-corrected chi connectivity index (χ2v) is 5.73. The van der Waals surface area contributed by atoms with Gasteiger partial charge in [-0.2, -0.15) is 5.10 Å². The molecule has 140 valence electrons. The Morgan fingerprint density at radius 3 is 2.44 bits per heavy atom. The molecule has 1 atom stereocenters. The van der Waals surface area contributed by atoms with Crippen molar-refractivity contribution in [2.75, 3.05) is 13.7 Å². The summed E-state index contributed by atoms with van der Waals surface area (Å²) in [4.78, 5) is 14.4. The Bertz CT molecular complexity index is 893. The normalized spacial score (nSPS) is 11.8. The number of hydrogen-bond acceptors (Lipinski definition) is 7. The molecule has 3 rings (SSSR count). The predicted molar refractivity (Wildman–Crippen MR) is 96.6 cm³/mol. The van der Waals surface area contributed by atoms with Crippen LogP contribution in [0.1, 0.15) is 0 Å². The first-order valence-electron chi connectivity index (χ1n) is 8.14.